The summed E-state index contributed by atoms with van der Waals surface area (Å²) in [4.78, 5) is 13.8. The zero-order valence-corrected chi connectivity index (χ0v) is 11.4. The summed E-state index contributed by atoms with van der Waals surface area (Å²) in [5, 5.41) is 2.97. The summed E-state index contributed by atoms with van der Waals surface area (Å²) >= 11 is 0. The summed E-state index contributed by atoms with van der Waals surface area (Å²) in [5.74, 6) is 0. The first-order valence-corrected chi connectivity index (χ1v) is 6.17. The summed E-state index contributed by atoms with van der Waals surface area (Å²) in [6.07, 6.45) is 4.57. The molecule has 1 amide bonds. The standard InChI is InChI=1S/C13H23N3O2/c1-10(15-8-7-14)11-6-5-9-16(11)12(17)18-13(2,3)4/h7-8,11,15H,1,5-6,9,14H2,2-4H3/b8-7-/t11-/m0/s1. The molecule has 0 unspecified atom stereocenters. The Morgan fingerprint density at radius 3 is 2.78 bits per heavy atom. The van der Waals surface area contributed by atoms with Crippen LogP contribution >= 0.6 is 0 Å². The van der Waals surface area contributed by atoms with Crippen molar-refractivity contribution in [2.24, 2.45) is 5.73 Å². The van der Waals surface area contributed by atoms with Crippen LogP contribution in [0.1, 0.15) is 33.6 Å². The molecule has 0 saturated carbocycles. The topological polar surface area (TPSA) is 67.6 Å². The average Bonchev–Trinajstić information content (AvgIpc) is 2.72. The van der Waals surface area contributed by atoms with Crippen LogP contribution in [0.15, 0.2) is 24.7 Å². The Morgan fingerprint density at radius 2 is 2.22 bits per heavy atom. The van der Waals surface area contributed by atoms with Gasteiger partial charge in [-0.25, -0.2) is 4.79 Å². The number of ether oxygens (including phenoxy) is 1. The predicted octanol–water partition coefficient (Wildman–Crippen LogP) is 1.92. The highest BCUT2D eigenvalue weighted by Crippen LogP contribution is 2.24. The fraction of sp³-hybridized carbons (Fsp3) is 0.615. The van der Waals surface area contributed by atoms with Crippen LogP contribution in [0.5, 0.6) is 0 Å². The van der Waals surface area contributed by atoms with Crippen molar-refractivity contribution in [2.75, 3.05) is 6.54 Å². The summed E-state index contributed by atoms with van der Waals surface area (Å²) in [5.41, 5.74) is 5.55. The molecule has 3 N–H and O–H groups in total. The van der Waals surface area contributed by atoms with Crippen molar-refractivity contribution in [3.8, 4) is 0 Å². The monoisotopic (exact) mass is 253 g/mol. The molecule has 0 bridgehead atoms. The molecule has 0 aromatic heterocycles. The zero-order chi connectivity index (χ0) is 13.8. The number of amides is 1. The molecule has 1 aliphatic rings. The highest BCUT2D eigenvalue weighted by atomic mass is 16.6. The minimum absolute atomic E-state index is 0.0314. The second-order valence-corrected chi connectivity index (χ2v) is 5.36. The van der Waals surface area contributed by atoms with Gasteiger partial charge in [-0.3, -0.25) is 4.90 Å². The van der Waals surface area contributed by atoms with E-state index < -0.39 is 5.60 Å². The van der Waals surface area contributed by atoms with E-state index in [-0.39, 0.29) is 12.1 Å². The van der Waals surface area contributed by atoms with E-state index in [0.29, 0.717) is 6.54 Å². The molecule has 0 spiro atoms. The lowest BCUT2D eigenvalue weighted by atomic mass is 10.1. The third-order valence-electron chi connectivity index (χ3n) is 2.65. The predicted molar refractivity (Wildman–Crippen MR) is 71.6 cm³/mol. The molecule has 1 heterocycles. The van der Waals surface area contributed by atoms with Gasteiger partial charge in [0.25, 0.3) is 0 Å². The molecule has 0 aromatic rings. The van der Waals surface area contributed by atoms with Gasteiger partial charge in [-0.2, -0.15) is 0 Å². The van der Waals surface area contributed by atoms with Crippen LogP contribution in [0.4, 0.5) is 4.79 Å². The van der Waals surface area contributed by atoms with Crippen LogP contribution in [-0.4, -0.2) is 29.2 Å². The molecular weight excluding hydrogens is 230 g/mol. The van der Waals surface area contributed by atoms with E-state index in [1.165, 1.54) is 6.20 Å². The fourth-order valence-electron chi connectivity index (χ4n) is 1.92. The molecule has 1 fully saturated rings. The third-order valence-corrected chi connectivity index (χ3v) is 2.65. The van der Waals surface area contributed by atoms with E-state index in [1.54, 1.807) is 11.1 Å². The van der Waals surface area contributed by atoms with Crippen molar-refractivity contribution < 1.29 is 9.53 Å². The van der Waals surface area contributed by atoms with Crippen LogP contribution in [0.3, 0.4) is 0 Å². The number of nitrogens with zero attached hydrogens (tertiary/aromatic N) is 1. The van der Waals surface area contributed by atoms with Crippen molar-refractivity contribution in [3.63, 3.8) is 0 Å². The van der Waals surface area contributed by atoms with Crippen molar-refractivity contribution in [1.82, 2.24) is 10.2 Å². The number of carbonyl (C=O) groups is 1. The van der Waals surface area contributed by atoms with Crippen LogP contribution in [0, 0.1) is 0 Å². The molecule has 102 valence electrons. The second kappa shape index (κ2) is 5.80. The van der Waals surface area contributed by atoms with Crippen molar-refractivity contribution in [1.29, 1.82) is 0 Å². The first-order chi connectivity index (χ1) is 8.35. The first-order valence-electron chi connectivity index (χ1n) is 6.17. The summed E-state index contributed by atoms with van der Waals surface area (Å²) in [7, 11) is 0. The van der Waals surface area contributed by atoms with E-state index in [1.807, 2.05) is 20.8 Å². The number of hydrogen-bond donors (Lipinski definition) is 2. The van der Waals surface area contributed by atoms with E-state index >= 15 is 0 Å². The number of carbonyl (C=O) groups excluding carboxylic acids is 1. The van der Waals surface area contributed by atoms with Crippen molar-refractivity contribution in [3.05, 3.63) is 24.7 Å². The molecule has 1 aliphatic heterocycles. The lowest BCUT2D eigenvalue weighted by Gasteiger charge is -2.29. The fourth-order valence-corrected chi connectivity index (χ4v) is 1.92. The van der Waals surface area contributed by atoms with Crippen LogP contribution in [-0.2, 0) is 4.74 Å². The minimum atomic E-state index is -0.476. The lowest BCUT2D eigenvalue weighted by molar-refractivity contribution is 0.0246. The highest BCUT2D eigenvalue weighted by molar-refractivity contribution is 5.69. The van der Waals surface area contributed by atoms with Crippen LogP contribution in [0.2, 0.25) is 0 Å². The molecule has 0 radical (unpaired) electrons. The van der Waals surface area contributed by atoms with Gasteiger partial charge in [0.05, 0.1) is 6.04 Å². The Labute approximate surface area is 109 Å². The maximum atomic E-state index is 12.0. The number of hydrogen-bond acceptors (Lipinski definition) is 4. The SMILES string of the molecule is C=C(N/C=C\N)[C@@H]1CCCN1C(=O)OC(C)(C)C. The second-order valence-electron chi connectivity index (χ2n) is 5.36. The lowest BCUT2D eigenvalue weighted by Crippen LogP contribution is -2.42. The maximum Gasteiger partial charge on any atom is 0.410 e. The third kappa shape index (κ3) is 3.98. The van der Waals surface area contributed by atoms with Gasteiger partial charge in [0.15, 0.2) is 0 Å². The molecular formula is C13H23N3O2. The summed E-state index contributed by atoms with van der Waals surface area (Å²) < 4.78 is 5.38. The maximum absolute atomic E-state index is 12.0. The molecule has 1 saturated heterocycles. The largest absolute Gasteiger partial charge is 0.444 e. The number of nitrogens with one attached hydrogen (secondary N) is 1. The van der Waals surface area contributed by atoms with E-state index in [9.17, 15) is 4.79 Å². The summed E-state index contributed by atoms with van der Waals surface area (Å²) in [6.45, 7) is 10.2. The summed E-state index contributed by atoms with van der Waals surface area (Å²) in [6, 6.07) is -0.0314. The smallest absolute Gasteiger partial charge is 0.410 e. The normalized spacial score (nSPS) is 20.2. The highest BCUT2D eigenvalue weighted by Gasteiger charge is 2.33. The van der Waals surface area contributed by atoms with Gasteiger partial charge in [0, 0.05) is 24.6 Å². The van der Waals surface area contributed by atoms with E-state index in [4.69, 9.17) is 10.5 Å². The van der Waals surface area contributed by atoms with Crippen LogP contribution in [0.25, 0.3) is 0 Å². The molecule has 5 nitrogen and oxygen atoms in total. The minimum Gasteiger partial charge on any atom is -0.444 e. The van der Waals surface area contributed by atoms with Gasteiger partial charge in [-0.1, -0.05) is 6.58 Å². The Morgan fingerprint density at radius 1 is 1.56 bits per heavy atom. The number of likely N-dealkylation sites (tertiary alicyclic amines) is 1. The Balaban J connectivity index is 2.64. The number of nitrogens with two attached hydrogens (primary N) is 1. The Bertz CT molecular complexity index is 345. The molecule has 0 aliphatic carbocycles. The van der Waals surface area contributed by atoms with Gasteiger partial charge < -0.3 is 15.8 Å². The van der Waals surface area contributed by atoms with E-state index in [0.717, 1.165) is 18.5 Å². The Hall–Kier alpha value is -1.65. The molecule has 18 heavy (non-hydrogen) atoms. The van der Waals surface area contributed by atoms with Crippen LogP contribution < -0.4 is 11.1 Å². The van der Waals surface area contributed by atoms with Crippen molar-refractivity contribution in [2.45, 2.75) is 45.3 Å². The van der Waals surface area contributed by atoms with Gasteiger partial charge in [-0.15, -0.1) is 0 Å². The van der Waals surface area contributed by atoms with Crippen molar-refractivity contribution >= 4 is 6.09 Å². The van der Waals surface area contributed by atoms with Gasteiger partial charge in [0.1, 0.15) is 5.60 Å². The van der Waals surface area contributed by atoms with Gasteiger partial charge >= 0.3 is 6.09 Å². The average molecular weight is 253 g/mol. The molecule has 1 atom stereocenters. The van der Waals surface area contributed by atoms with Gasteiger partial charge in [0.2, 0.25) is 0 Å². The Kier molecular flexibility index (Phi) is 4.64. The number of rotatable bonds is 3. The zero-order valence-electron chi connectivity index (χ0n) is 11.4. The molecule has 1 rings (SSSR count). The molecule has 5 heteroatoms. The van der Waals surface area contributed by atoms with Gasteiger partial charge in [-0.05, 0) is 33.6 Å². The van der Waals surface area contributed by atoms with E-state index in [2.05, 4.69) is 11.9 Å². The quantitative estimate of drug-likeness (QED) is 0.806. The molecule has 0 aromatic carbocycles. The first kappa shape index (κ1) is 14.4.